The van der Waals surface area contributed by atoms with E-state index in [1.807, 2.05) is 33.8 Å². The lowest BCUT2D eigenvalue weighted by atomic mass is 9.99. The minimum Gasteiger partial charge on any atom is -0.501 e. The van der Waals surface area contributed by atoms with Gasteiger partial charge in [0.2, 0.25) is 0 Å². The second kappa shape index (κ2) is 13.3. The predicted molar refractivity (Wildman–Crippen MR) is 154 cm³/mol. The lowest BCUT2D eigenvalue weighted by molar-refractivity contribution is 0.0580. The number of ether oxygens (including phenoxy) is 3. The zero-order chi connectivity index (χ0) is 28.6. The Bertz CT molecular complexity index is 1270. The highest BCUT2D eigenvalue weighted by Crippen LogP contribution is 2.32. The number of anilines is 1. The maximum atomic E-state index is 13.5. The van der Waals surface area contributed by atoms with Crippen LogP contribution in [0.25, 0.3) is 11.1 Å². The van der Waals surface area contributed by atoms with Crippen LogP contribution in [0.5, 0.6) is 0 Å². The Morgan fingerprint density at radius 3 is 2.24 bits per heavy atom. The molecule has 0 spiro atoms. The quantitative estimate of drug-likeness (QED) is 0.193. The molecule has 2 rings (SSSR count). The molecule has 0 aromatic heterocycles. The molecule has 8 heteroatoms. The molecule has 0 saturated carbocycles. The summed E-state index contributed by atoms with van der Waals surface area (Å²) in [6.45, 7) is 13.1. The van der Waals surface area contributed by atoms with Crippen LogP contribution in [0.3, 0.4) is 0 Å². The van der Waals surface area contributed by atoms with Crippen LogP contribution in [-0.2, 0) is 14.2 Å². The van der Waals surface area contributed by atoms with E-state index in [4.69, 9.17) is 25.8 Å². The SMILES string of the molecule is COC(=O)c1ccccc1-c1cc(Cl)cc(N(CC(=NC=C(C)C)/C(C)=C(\C)OC)C(=O)OC(C)(C)C)c1. The average molecular weight is 541 g/mol. The number of nitrogens with zero attached hydrogens (tertiary/aromatic N) is 2. The molecule has 2 aromatic rings. The van der Waals surface area contributed by atoms with Crippen LogP contribution in [0, 0.1) is 0 Å². The molecular weight excluding hydrogens is 504 g/mol. The van der Waals surface area contributed by atoms with Crippen LogP contribution in [0.4, 0.5) is 10.5 Å². The molecule has 204 valence electrons. The third kappa shape index (κ3) is 8.48. The predicted octanol–water partition coefficient (Wildman–Crippen LogP) is 7.84. The van der Waals surface area contributed by atoms with Crippen molar-refractivity contribution in [1.82, 2.24) is 0 Å². The average Bonchev–Trinajstić information content (AvgIpc) is 2.85. The van der Waals surface area contributed by atoms with E-state index in [0.29, 0.717) is 38.9 Å². The van der Waals surface area contributed by atoms with Gasteiger partial charge in [0.05, 0.1) is 37.8 Å². The van der Waals surface area contributed by atoms with Gasteiger partial charge in [-0.15, -0.1) is 0 Å². The van der Waals surface area contributed by atoms with E-state index in [9.17, 15) is 9.59 Å². The minimum absolute atomic E-state index is 0.0870. The van der Waals surface area contributed by atoms with Crippen LogP contribution >= 0.6 is 11.6 Å². The first-order chi connectivity index (χ1) is 17.8. The number of allylic oxidation sites excluding steroid dienone is 2. The maximum absolute atomic E-state index is 13.5. The minimum atomic E-state index is -0.737. The van der Waals surface area contributed by atoms with Gasteiger partial charge in [-0.3, -0.25) is 9.89 Å². The fraction of sp³-hybridized carbons (Fsp3) is 0.367. The highest BCUT2D eigenvalue weighted by Gasteiger charge is 2.27. The van der Waals surface area contributed by atoms with E-state index in [1.54, 1.807) is 70.5 Å². The van der Waals surface area contributed by atoms with E-state index in [-0.39, 0.29) is 6.54 Å². The molecular formula is C30H37ClN2O5. The Hall–Kier alpha value is -3.58. The van der Waals surface area contributed by atoms with Gasteiger partial charge in [-0.1, -0.05) is 35.4 Å². The highest BCUT2D eigenvalue weighted by atomic mass is 35.5. The van der Waals surface area contributed by atoms with Crippen molar-refractivity contribution >= 4 is 35.1 Å². The number of hydrogen-bond acceptors (Lipinski definition) is 6. The summed E-state index contributed by atoms with van der Waals surface area (Å²) in [7, 11) is 2.92. The van der Waals surface area contributed by atoms with Gasteiger partial charge in [0.15, 0.2) is 0 Å². The van der Waals surface area contributed by atoms with E-state index < -0.39 is 17.7 Å². The fourth-order valence-electron chi connectivity index (χ4n) is 3.46. The molecule has 0 N–H and O–H groups in total. The molecule has 0 aliphatic carbocycles. The van der Waals surface area contributed by atoms with Gasteiger partial charge in [-0.2, -0.15) is 0 Å². The number of methoxy groups -OCH3 is 2. The zero-order valence-corrected chi connectivity index (χ0v) is 24.4. The number of halogens is 1. The molecule has 0 radical (unpaired) electrons. The monoisotopic (exact) mass is 540 g/mol. The van der Waals surface area contributed by atoms with E-state index >= 15 is 0 Å². The van der Waals surface area contributed by atoms with E-state index in [2.05, 4.69) is 4.99 Å². The normalized spacial score (nSPS) is 12.3. The molecule has 0 unspecified atom stereocenters. The van der Waals surface area contributed by atoms with Crippen molar-refractivity contribution in [3.05, 3.63) is 76.2 Å². The van der Waals surface area contributed by atoms with Crippen molar-refractivity contribution < 1.29 is 23.8 Å². The Labute approximate surface area is 230 Å². The van der Waals surface area contributed by atoms with Gasteiger partial charge in [-0.05, 0) is 83.9 Å². The van der Waals surface area contributed by atoms with Crippen molar-refractivity contribution in [2.75, 3.05) is 25.7 Å². The highest BCUT2D eigenvalue weighted by molar-refractivity contribution is 6.31. The van der Waals surface area contributed by atoms with Crippen molar-refractivity contribution in [1.29, 1.82) is 0 Å². The first-order valence-electron chi connectivity index (χ1n) is 12.2. The van der Waals surface area contributed by atoms with Crippen molar-refractivity contribution in [3.63, 3.8) is 0 Å². The third-order valence-corrected chi connectivity index (χ3v) is 5.72. The smallest absolute Gasteiger partial charge is 0.415 e. The summed E-state index contributed by atoms with van der Waals surface area (Å²) >= 11 is 6.56. The molecule has 7 nitrogen and oxygen atoms in total. The summed E-state index contributed by atoms with van der Waals surface area (Å²) in [6, 6.07) is 12.3. The summed E-state index contributed by atoms with van der Waals surface area (Å²) in [5, 5.41) is 0.383. The molecule has 0 aliphatic heterocycles. The first-order valence-corrected chi connectivity index (χ1v) is 12.6. The Morgan fingerprint density at radius 2 is 1.66 bits per heavy atom. The lowest BCUT2D eigenvalue weighted by Gasteiger charge is -2.28. The third-order valence-electron chi connectivity index (χ3n) is 5.51. The van der Waals surface area contributed by atoms with Gasteiger partial charge < -0.3 is 14.2 Å². The van der Waals surface area contributed by atoms with Gasteiger partial charge in [0.25, 0.3) is 0 Å². The molecule has 1 amide bonds. The molecule has 2 aromatic carbocycles. The summed E-state index contributed by atoms with van der Waals surface area (Å²) in [6.07, 6.45) is 1.17. The molecule has 0 aliphatic rings. The standard InChI is InChI=1S/C30H37ClN2O5/c1-19(2)17-32-27(20(3)21(4)36-8)18-33(29(35)38-30(5,6)7)24-15-22(14-23(31)16-24)25-12-10-11-13-26(25)28(34)37-9/h10-17H,18H2,1-9H3/b21-20+,32-27?. The summed E-state index contributed by atoms with van der Waals surface area (Å²) in [4.78, 5) is 32.1. The largest absolute Gasteiger partial charge is 0.501 e. The van der Waals surface area contributed by atoms with Crippen molar-refractivity contribution in [3.8, 4) is 11.1 Å². The Kier molecular flexibility index (Phi) is 10.7. The van der Waals surface area contributed by atoms with Gasteiger partial charge in [0, 0.05) is 22.5 Å². The van der Waals surface area contributed by atoms with Crippen LogP contribution in [0.2, 0.25) is 5.02 Å². The van der Waals surface area contributed by atoms with Gasteiger partial charge in [-0.25, -0.2) is 9.59 Å². The second-order valence-electron chi connectivity index (χ2n) is 9.97. The summed E-state index contributed by atoms with van der Waals surface area (Å²) < 4.78 is 16.2. The number of rotatable bonds is 8. The number of aliphatic imine (C=N–C) groups is 1. The molecule has 0 atom stereocenters. The number of hydrogen-bond donors (Lipinski definition) is 0. The number of benzene rings is 2. The van der Waals surface area contributed by atoms with Gasteiger partial charge >= 0.3 is 12.1 Å². The number of esters is 1. The van der Waals surface area contributed by atoms with Crippen molar-refractivity contribution in [2.24, 2.45) is 4.99 Å². The van der Waals surface area contributed by atoms with Crippen LogP contribution in [-0.4, -0.2) is 44.1 Å². The zero-order valence-electron chi connectivity index (χ0n) is 23.6. The molecule has 0 bridgehead atoms. The van der Waals surface area contributed by atoms with Crippen LogP contribution in [0.15, 0.2) is 70.6 Å². The number of amides is 1. The molecule has 0 heterocycles. The first kappa shape index (κ1) is 30.6. The lowest BCUT2D eigenvalue weighted by Crippen LogP contribution is -2.40. The number of carbonyl (C=O) groups is 2. The fourth-order valence-corrected chi connectivity index (χ4v) is 3.69. The van der Waals surface area contributed by atoms with Crippen LogP contribution in [0.1, 0.15) is 58.8 Å². The van der Waals surface area contributed by atoms with Crippen molar-refractivity contribution in [2.45, 2.75) is 54.1 Å². The maximum Gasteiger partial charge on any atom is 0.415 e. The summed E-state index contributed by atoms with van der Waals surface area (Å²) in [5.41, 5.74) is 3.80. The Morgan fingerprint density at radius 1 is 1.00 bits per heavy atom. The van der Waals surface area contributed by atoms with E-state index in [1.165, 1.54) is 12.0 Å². The summed E-state index contributed by atoms with van der Waals surface area (Å²) in [5.74, 6) is 0.201. The number of carbonyl (C=O) groups excluding carboxylic acids is 2. The van der Waals surface area contributed by atoms with Crippen LogP contribution < -0.4 is 4.90 Å². The molecule has 0 fully saturated rings. The Balaban J connectivity index is 2.75. The topological polar surface area (TPSA) is 77.4 Å². The van der Waals surface area contributed by atoms with Gasteiger partial charge in [0.1, 0.15) is 5.60 Å². The molecule has 0 saturated heterocycles. The molecule has 38 heavy (non-hydrogen) atoms. The van der Waals surface area contributed by atoms with E-state index in [0.717, 1.165) is 11.1 Å². The second-order valence-corrected chi connectivity index (χ2v) is 10.4.